The molecule has 2 N–H and O–H groups in total. The van der Waals surface area contributed by atoms with Gasteiger partial charge in [0.1, 0.15) is 10.3 Å². The predicted molar refractivity (Wildman–Crippen MR) is 121 cm³/mol. The Morgan fingerprint density at radius 1 is 1.03 bits per heavy atom. The Balaban J connectivity index is 1.87. The molecule has 29 heavy (non-hydrogen) atoms. The van der Waals surface area contributed by atoms with Crippen LogP contribution in [0, 0.1) is 0 Å². The number of nitrogens with one attached hydrogen (secondary N) is 2. The molecule has 152 valence electrons. The minimum Gasteiger partial charge on any atom is -0.324 e. The van der Waals surface area contributed by atoms with Crippen LogP contribution in [0.25, 0.3) is 0 Å². The Kier molecular flexibility index (Phi) is 7.23. The van der Waals surface area contributed by atoms with Crippen molar-refractivity contribution in [2.24, 2.45) is 0 Å². The van der Waals surface area contributed by atoms with Gasteiger partial charge in [0, 0.05) is 5.69 Å². The third-order valence-electron chi connectivity index (χ3n) is 4.37. The molecule has 0 bridgehead atoms. The number of amides is 1. The second kappa shape index (κ2) is 9.67. The van der Waals surface area contributed by atoms with Crippen molar-refractivity contribution in [2.75, 3.05) is 5.32 Å². The van der Waals surface area contributed by atoms with Crippen LogP contribution in [0.1, 0.15) is 18.1 Å². The Bertz CT molecular complexity index is 1080. The number of halogens is 1. The van der Waals surface area contributed by atoms with Gasteiger partial charge in [-0.05, 0) is 58.1 Å². The van der Waals surface area contributed by atoms with Crippen LogP contribution < -0.4 is 10.0 Å². The predicted octanol–water partition coefficient (Wildman–Crippen LogP) is 4.60. The fourth-order valence-electron chi connectivity index (χ4n) is 2.90. The molecular weight excluding hydrogens is 472 g/mol. The first-order valence-electron chi connectivity index (χ1n) is 9.09. The lowest BCUT2D eigenvalue weighted by atomic mass is 10.1. The second-order valence-corrected chi connectivity index (χ2v) is 10.8. The SMILES string of the molecule is CCc1ccccc1NC(=O)C(Cc1ccccc1)NS(=O)(=O)c1ccc(Br)s1. The van der Waals surface area contributed by atoms with E-state index in [-0.39, 0.29) is 10.6 Å². The van der Waals surface area contributed by atoms with Gasteiger partial charge in [-0.2, -0.15) is 4.72 Å². The van der Waals surface area contributed by atoms with Crippen LogP contribution in [-0.2, 0) is 27.7 Å². The number of carbonyl (C=O) groups excluding carboxylic acids is 1. The molecule has 1 amide bonds. The van der Waals surface area contributed by atoms with Crippen molar-refractivity contribution in [3.63, 3.8) is 0 Å². The third kappa shape index (κ3) is 5.76. The minimum absolute atomic E-state index is 0.157. The smallest absolute Gasteiger partial charge is 0.250 e. The van der Waals surface area contributed by atoms with E-state index in [1.807, 2.05) is 61.5 Å². The summed E-state index contributed by atoms with van der Waals surface area (Å²) in [5.41, 5.74) is 2.55. The molecule has 0 saturated heterocycles. The number of para-hydroxylation sites is 1. The molecule has 0 fully saturated rings. The molecule has 3 aromatic rings. The average Bonchev–Trinajstić information content (AvgIpc) is 3.16. The average molecular weight is 493 g/mol. The third-order valence-corrected chi connectivity index (χ3v) is 7.95. The van der Waals surface area contributed by atoms with Crippen molar-refractivity contribution in [1.29, 1.82) is 0 Å². The molecule has 0 saturated carbocycles. The zero-order valence-corrected chi connectivity index (χ0v) is 19.0. The lowest BCUT2D eigenvalue weighted by Crippen LogP contribution is -2.45. The van der Waals surface area contributed by atoms with E-state index >= 15 is 0 Å². The Hall–Kier alpha value is -2.00. The Morgan fingerprint density at radius 3 is 2.38 bits per heavy atom. The van der Waals surface area contributed by atoms with Gasteiger partial charge in [-0.25, -0.2) is 8.42 Å². The van der Waals surface area contributed by atoms with Gasteiger partial charge in [0.25, 0.3) is 10.0 Å². The number of hydrogen-bond donors (Lipinski definition) is 2. The molecule has 8 heteroatoms. The van der Waals surface area contributed by atoms with E-state index in [1.165, 1.54) is 6.07 Å². The highest BCUT2D eigenvalue weighted by Crippen LogP contribution is 2.26. The van der Waals surface area contributed by atoms with E-state index in [1.54, 1.807) is 6.07 Å². The van der Waals surface area contributed by atoms with Crippen molar-refractivity contribution in [2.45, 2.75) is 30.0 Å². The van der Waals surface area contributed by atoms with Crippen LogP contribution in [0.15, 0.2) is 74.7 Å². The summed E-state index contributed by atoms with van der Waals surface area (Å²) in [6, 6.07) is 19.1. The molecular formula is C21H21BrN2O3S2. The van der Waals surface area contributed by atoms with Crippen LogP contribution >= 0.6 is 27.3 Å². The highest BCUT2D eigenvalue weighted by Gasteiger charge is 2.27. The lowest BCUT2D eigenvalue weighted by molar-refractivity contribution is -0.117. The largest absolute Gasteiger partial charge is 0.324 e. The monoisotopic (exact) mass is 492 g/mol. The van der Waals surface area contributed by atoms with Gasteiger partial charge in [0.05, 0.1) is 3.79 Å². The van der Waals surface area contributed by atoms with E-state index in [0.717, 1.165) is 28.9 Å². The lowest BCUT2D eigenvalue weighted by Gasteiger charge is -2.19. The standard InChI is InChI=1S/C21H21BrN2O3S2/c1-2-16-10-6-7-11-17(16)23-21(25)18(14-15-8-4-3-5-9-15)24-29(26,27)20-13-12-19(22)28-20/h3-13,18,24H,2,14H2,1H3,(H,23,25). The van der Waals surface area contributed by atoms with Gasteiger partial charge in [0.15, 0.2) is 0 Å². The van der Waals surface area contributed by atoms with E-state index in [0.29, 0.717) is 9.47 Å². The fraction of sp³-hybridized carbons (Fsp3) is 0.190. The topological polar surface area (TPSA) is 75.3 Å². The number of rotatable bonds is 8. The normalized spacial score (nSPS) is 12.5. The molecule has 0 aliphatic heterocycles. The second-order valence-electron chi connectivity index (χ2n) is 6.42. The zero-order valence-electron chi connectivity index (χ0n) is 15.8. The van der Waals surface area contributed by atoms with E-state index in [9.17, 15) is 13.2 Å². The molecule has 0 radical (unpaired) electrons. The summed E-state index contributed by atoms with van der Waals surface area (Å²) in [6.07, 6.45) is 1.00. The summed E-state index contributed by atoms with van der Waals surface area (Å²) in [4.78, 5) is 13.1. The summed E-state index contributed by atoms with van der Waals surface area (Å²) in [5, 5.41) is 2.89. The number of thiophene rings is 1. The number of benzene rings is 2. The van der Waals surface area contributed by atoms with E-state index in [2.05, 4.69) is 26.0 Å². The van der Waals surface area contributed by atoms with Gasteiger partial charge in [0.2, 0.25) is 5.91 Å². The van der Waals surface area contributed by atoms with Gasteiger partial charge in [-0.15, -0.1) is 11.3 Å². The van der Waals surface area contributed by atoms with Crippen LogP contribution in [0.4, 0.5) is 5.69 Å². The molecule has 3 rings (SSSR count). The maximum atomic E-state index is 13.1. The highest BCUT2D eigenvalue weighted by molar-refractivity contribution is 9.11. The molecule has 5 nitrogen and oxygen atoms in total. The van der Waals surface area contributed by atoms with Crippen LogP contribution in [0.2, 0.25) is 0 Å². The van der Waals surface area contributed by atoms with Crippen LogP contribution in [-0.4, -0.2) is 20.4 Å². The number of aryl methyl sites for hydroxylation is 1. The molecule has 1 heterocycles. The van der Waals surface area contributed by atoms with Crippen LogP contribution in [0.5, 0.6) is 0 Å². The quantitative estimate of drug-likeness (QED) is 0.482. The molecule has 2 aromatic carbocycles. The molecule has 0 aliphatic carbocycles. The zero-order chi connectivity index (χ0) is 20.9. The van der Waals surface area contributed by atoms with E-state index < -0.39 is 22.0 Å². The Labute approximate surface area is 183 Å². The number of anilines is 1. The maximum absolute atomic E-state index is 13.1. The maximum Gasteiger partial charge on any atom is 0.250 e. The van der Waals surface area contributed by atoms with Crippen molar-refractivity contribution in [3.8, 4) is 0 Å². The number of carbonyl (C=O) groups is 1. The van der Waals surface area contributed by atoms with E-state index in [4.69, 9.17) is 0 Å². The molecule has 0 spiro atoms. The highest BCUT2D eigenvalue weighted by atomic mass is 79.9. The minimum atomic E-state index is -3.83. The molecule has 1 atom stereocenters. The first-order chi connectivity index (χ1) is 13.9. The molecule has 1 unspecified atom stereocenters. The molecule has 0 aliphatic rings. The fourth-order valence-corrected chi connectivity index (χ4v) is 6.12. The molecule has 1 aromatic heterocycles. The summed E-state index contributed by atoms with van der Waals surface area (Å²) in [7, 11) is -3.83. The van der Waals surface area contributed by atoms with Crippen molar-refractivity contribution in [3.05, 3.63) is 81.6 Å². The van der Waals surface area contributed by atoms with Gasteiger partial charge >= 0.3 is 0 Å². The summed E-state index contributed by atoms with van der Waals surface area (Å²) < 4.78 is 29.1. The number of sulfonamides is 1. The van der Waals surface area contributed by atoms with Crippen molar-refractivity contribution >= 4 is 48.9 Å². The Morgan fingerprint density at radius 2 is 1.72 bits per heavy atom. The summed E-state index contributed by atoms with van der Waals surface area (Å²) in [5.74, 6) is -0.394. The summed E-state index contributed by atoms with van der Waals surface area (Å²) in [6.45, 7) is 2.00. The van der Waals surface area contributed by atoms with Crippen molar-refractivity contribution < 1.29 is 13.2 Å². The van der Waals surface area contributed by atoms with Crippen LogP contribution in [0.3, 0.4) is 0 Å². The first-order valence-corrected chi connectivity index (χ1v) is 12.2. The van der Waals surface area contributed by atoms with Gasteiger partial charge in [-0.3, -0.25) is 4.79 Å². The van der Waals surface area contributed by atoms with Gasteiger partial charge < -0.3 is 5.32 Å². The number of hydrogen-bond acceptors (Lipinski definition) is 4. The van der Waals surface area contributed by atoms with Crippen molar-refractivity contribution in [1.82, 2.24) is 4.72 Å². The first kappa shape index (κ1) is 21.7. The van der Waals surface area contributed by atoms with Gasteiger partial charge in [-0.1, -0.05) is 55.5 Å². The summed E-state index contributed by atoms with van der Waals surface area (Å²) >= 11 is 4.38.